The summed E-state index contributed by atoms with van der Waals surface area (Å²) in [6.45, 7) is 9.08. The fourth-order valence-corrected chi connectivity index (χ4v) is 3.76. The van der Waals surface area contributed by atoms with E-state index >= 15 is 0 Å². The maximum absolute atomic E-state index is 13.1. The number of methoxy groups -OCH3 is 1. The minimum absolute atomic E-state index is 0.147. The number of amides is 1. The van der Waals surface area contributed by atoms with Crippen molar-refractivity contribution >= 4 is 17.4 Å². The lowest BCUT2D eigenvalue weighted by Gasteiger charge is -2.35. The van der Waals surface area contributed by atoms with Crippen LogP contribution in [0.5, 0.6) is 5.75 Å². The Hall–Kier alpha value is -3.08. The van der Waals surface area contributed by atoms with Gasteiger partial charge in [0.2, 0.25) is 0 Å². The molecule has 31 heavy (non-hydrogen) atoms. The molecule has 0 saturated carbocycles. The minimum Gasteiger partial charge on any atom is -0.497 e. The lowest BCUT2D eigenvalue weighted by atomic mass is 9.85. The first-order valence-electron chi connectivity index (χ1n) is 10.8. The molecule has 2 N–H and O–H groups in total. The van der Waals surface area contributed by atoms with E-state index in [2.05, 4.69) is 44.4 Å². The summed E-state index contributed by atoms with van der Waals surface area (Å²) in [5.41, 5.74) is 3.70. The van der Waals surface area contributed by atoms with Gasteiger partial charge in [0.25, 0.3) is 5.91 Å². The van der Waals surface area contributed by atoms with Crippen molar-refractivity contribution in [1.82, 2.24) is 10.6 Å². The Labute approximate surface area is 184 Å². The molecule has 0 aromatic heterocycles. The Balaban J connectivity index is 1.86. The van der Waals surface area contributed by atoms with Gasteiger partial charge in [-0.3, -0.25) is 9.59 Å². The van der Waals surface area contributed by atoms with Crippen LogP contribution < -0.4 is 15.4 Å². The summed E-state index contributed by atoms with van der Waals surface area (Å²) in [4.78, 5) is 25.5. The molecule has 1 amide bonds. The van der Waals surface area contributed by atoms with Crippen LogP contribution in [0.3, 0.4) is 0 Å². The average Bonchev–Trinajstić information content (AvgIpc) is 2.72. The number of fused-ring (bicyclic) bond motifs is 1. The van der Waals surface area contributed by atoms with Gasteiger partial charge in [0.15, 0.2) is 5.78 Å². The maximum Gasteiger partial charge on any atom is 0.251 e. The van der Waals surface area contributed by atoms with Crippen LogP contribution in [0.1, 0.15) is 66.0 Å². The molecule has 2 aromatic carbocycles. The molecular formula is C26H32N2O3. The molecule has 5 heteroatoms. The molecule has 0 fully saturated rings. The van der Waals surface area contributed by atoms with Gasteiger partial charge < -0.3 is 15.4 Å². The lowest BCUT2D eigenvalue weighted by Crippen LogP contribution is -2.43. The van der Waals surface area contributed by atoms with Crippen LogP contribution in [0.15, 0.2) is 48.5 Å². The zero-order valence-electron chi connectivity index (χ0n) is 19.0. The highest BCUT2D eigenvalue weighted by Crippen LogP contribution is 2.32. The molecular weight excluding hydrogens is 388 g/mol. The zero-order valence-corrected chi connectivity index (χ0v) is 19.0. The van der Waals surface area contributed by atoms with Crippen LogP contribution in [0.2, 0.25) is 0 Å². The van der Waals surface area contributed by atoms with Gasteiger partial charge in [-0.25, -0.2) is 0 Å². The normalized spacial score (nSPS) is 15.9. The number of carbonyl (C=O) groups is 2. The fourth-order valence-electron chi connectivity index (χ4n) is 3.76. The summed E-state index contributed by atoms with van der Waals surface area (Å²) in [7, 11) is 1.63. The van der Waals surface area contributed by atoms with E-state index in [9.17, 15) is 9.59 Å². The summed E-state index contributed by atoms with van der Waals surface area (Å²) < 4.78 is 5.37. The van der Waals surface area contributed by atoms with E-state index in [4.69, 9.17) is 4.74 Å². The molecule has 0 atom stereocenters. The third-order valence-electron chi connectivity index (χ3n) is 5.40. The van der Waals surface area contributed by atoms with Crippen LogP contribution in [0, 0.1) is 5.92 Å². The quantitative estimate of drug-likeness (QED) is 0.507. The summed E-state index contributed by atoms with van der Waals surface area (Å²) in [6.07, 6.45) is 3.39. The highest BCUT2D eigenvalue weighted by atomic mass is 16.5. The molecule has 0 spiro atoms. The van der Waals surface area contributed by atoms with E-state index in [1.807, 2.05) is 12.1 Å². The van der Waals surface area contributed by atoms with Crippen molar-refractivity contribution in [3.05, 3.63) is 70.8 Å². The number of rotatable bonds is 7. The lowest BCUT2D eigenvalue weighted by molar-refractivity contribution is 0.0952. The predicted octanol–water partition coefficient (Wildman–Crippen LogP) is 4.62. The molecule has 3 rings (SSSR count). The number of carbonyl (C=O) groups excluding carboxylic acids is 2. The Morgan fingerprint density at radius 3 is 2.61 bits per heavy atom. The Morgan fingerprint density at radius 2 is 1.90 bits per heavy atom. The van der Waals surface area contributed by atoms with E-state index in [1.54, 1.807) is 37.5 Å². The largest absolute Gasteiger partial charge is 0.497 e. The van der Waals surface area contributed by atoms with Crippen LogP contribution in [0.25, 0.3) is 5.70 Å². The summed E-state index contributed by atoms with van der Waals surface area (Å²) in [5, 5.41) is 6.40. The molecule has 0 aliphatic carbocycles. The van der Waals surface area contributed by atoms with Crippen molar-refractivity contribution in [3.63, 3.8) is 0 Å². The van der Waals surface area contributed by atoms with Crippen molar-refractivity contribution in [1.29, 1.82) is 0 Å². The van der Waals surface area contributed by atoms with E-state index in [1.165, 1.54) is 5.56 Å². The van der Waals surface area contributed by atoms with E-state index in [0.717, 1.165) is 29.9 Å². The standard InChI is InChI=1S/C26H32N2O3/c1-17(2)11-12-27-25(30)19-8-6-7-18(13-19)24(29)15-23-22-14-21(31-5)10-9-20(22)16-26(3,4)28-23/h6-10,13-15,17,28H,11-12,16H2,1-5H3,(H,27,30). The van der Waals surface area contributed by atoms with Gasteiger partial charge >= 0.3 is 0 Å². The third kappa shape index (κ3) is 5.75. The molecule has 0 radical (unpaired) electrons. The average molecular weight is 421 g/mol. The van der Waals surface area contributed by atoms with Gasteiger partial charge in [-0.1, -0.05) is 32.0 Å². The summed E-state index contributed by atoms with van der Waals surface area (Å²) >= 11 is 0. The molecule has 164 valence electrons. The highest BCUT2D eigenvalue weighted by Gasteiger charge is 2.28. The van der Waals surface area contributed by atoms with Crippen LogP contribution in [-0.2, 0) is 6.42 Å². The van der Waals surface area contributed by atoms with Crippen LogP contribution in [-0.4, -0.2) is 30.9 Å². The number of nitrogens with one attached hydrogen (secondary N) is 2. The van der Waals surface area contributed by atoms with Crippen molar-refractivity contribution in [2.75, 3.05) is 13.7 Å². The Bertz CT molecular complexity index is 1010. The maximum atomic E-state index is 13.1. The van der Waals surface area contributed by atoms with Crippen molar-refractivity contribution < 1.29 is 14.3 Å². The minimum atomic E-state index is -0.175. The molecule has 5 nitrogen and oxygen atoms in total. The van der Waals surface area contributed by atoms with Gasteiger partial charge in [-0.2, -0.15) is 0 Å². The molecule has 1 heterocycles. The highest BCUT2D eigenvalue weighted by molar-refractivity contribution is 6.10. The molecule has 0 saturated heterocycles. The van der Waals surface area contributed by atoms with Crippen molar-refractivity contribution in [2.24, 2.45) is 5.92 Å². The number of benzene rings is 2. The molecule has 1 aliphatic rings. The van der Waals surface area contributed by atoms with E-state index in [-0.39, 0.29) is 17.2 Å². The number of allylic oxidation sites excluding steroid dienone is 1. The number of hydrogen-bond donors (Lipinski definition) is 2. The molecule has 1 aliphatic heterocycles. The Kier molecular flexibility index (Phi) is 6.84. The topological polar surface area (TPSA) is 67.4 Å². The van der Waals surface area contributed by atoms with Gasteiger partial charge in [-0.15, -0.1) is 0 Å². The second-order valence-corrected chi connectivity index (χ2v) is 9.15. The summed E-state index contributed by atoms with van der Waals surface area (Å²) in [6, 6.07) is 12.8. The predicted molar refractivity (Wildman–Crippen MR) is 124 cm³/mol. The molecule has 2 aromatic rings. The molecule has 0 unspecified atom stereocenters. The van der Waals surface area contributed by atoms with Crippen molar-refractivity contribution in [2.45, 2.75) is 46.1 Å². The monoisotopic (exact) mass is 420 g/mol. The number of ketones is 1. The second-order valence-electron chi connectivity index (χ2n) is 9.15. The van der Waals surface area contributed by atoms with Crippen LogP contribution >= 0.6 is 0 Å². The smallest absolute Gasteiger partial charge is 0.251 e. The number of ether oxygens (including phenoxy) is 1. The van der Waals surface area contributed by atoms with E-state index < -0.39 is 0 Å². The first-order chi connectivity index (χ1) is 14.7. The van der Waals surface area contributed by atoms with Gasteiger partial charge in [0, 0.05) is 40.5 Å². The van der Waals surface area contributed by atoms with Crippen LogP contribution in [0.4, 0.5) is 0 Å². The second kappa shape index (κ2) is 9.38. The first kappa shape index (κ1) is 22.6. The number of hydrogen-bond acceptors (Lipinski definition) is 4. The van der Waals surface area contributed by atoms with E-state index in [0.29, 0.717) is 23.6 Å². The SMILES string of the molecule is COc1ccc2c(c1)C(=CC(=O)c1cccc(C(=O)NCCC(C)C)c1)NC(C)(C)C2. The molecule has 0 bridgehead atoms. The fraction of sp³-hybridized carbons (Fsp3) is 0.385. The van der Waals surface area contributed by atoms with Gasteiger partial charge in [0.1, 0.15) is 5.75 Å². The van der Waals surface area contributed by atoms with Gasteiger partial charge in [0.05, 0.1) is 7.11 Å². The summed E-state index contributed by atoms with van der Waals surface area (Å²) in [5.74, 6) is 0.966. The van der Waals surface area contributed by atoms with Crippen molar-refractivity contribution in [3.8, 4) is 5.75 Å². The first-order valence-corrected chi connectivity index (χ1v) is 10.8. The van der Waals surface area contributed by atoms with Gasteiger partial charge in [-0.05, 0) is 62.4 Å². The third-order valence-corrected chi connectivity index (χ3v) is 5.40. The Morgan fingerprint density at radius 1 is 1.16 bits per heavy atom. The zero-order chi connectivity index (χ0) is 22.6.